The minimum absolute atomic E-state index is 0. The number of carbonyl (C=O) groups is 2. The second kappa shape index (κ2) is 17.3. The number of pyridine rings is 1. The second-order valence-corrected chi connectivity index (χ2v) is 9.77. The molecule has 0 saturated heterocycles. The smallest absolute Gasteiger partial charge is 0.602 e. The summed E-state index contributed by atoms with van der Waals surface area (Å²) in [5, 5.41) is 11.1. The van der Waals surface area contributed by atoms with E-state index >= 15 is 0 Å². The Morgan fingerprint density at radius 1 is 0.952 bits per heavy atom. The largest absolute Gasteiger partial charge is 1.00 e. The summed E-state index contributed by atoms with van der Waals surface area (Å²) in [4.78, 5) is 26.8. The van der Waals surface area contributed by atoms with Crippen LogP contribution in [0, 0.1) is 0 Å². The fourth-order valence-corrected chi connectivity index (χ4v) is 4.84. The van der Waals surface area contributed by atoms with Gasteiger partial charge in [0.25, 0.3) is 5.91 Å². The van der Waals surface area contributed by atoms with E-state index in [0.717, 1.165) is 26.4 Å². The first-order chi connectivity index (χ1) is 20.1. The number of H-pyrrole nitrogens is 1. The number of fused-ring (bicyclic) bond motifs is 1. The highest BCUT2D eigenvalue weighted by Crippen LogP contribution is 2.32. The average Bonchev–Trinajstić information content (AvgIpc) is 3.41. The SMILES string of the molecule is CNC(=O)c1ccccc1Sc1ccc2c(/C=C/c3cccc[n+]3C(=O)OCCOCCOCCOC)n[nH]c2c1.[Cl-]. The minimum atomic E-state index is -0.504. The van der Waals surface area contributed by atoms with Crippen molar-refractivity contribution in [2.75, 3.05) is 53.8 Å². The number of amides is 1. The average molecular weight is 613 g/mol. The van der Waals surface area contributed by atoms with Crippen LogP contribution in [0.2, 0.25) is 0 Å². The highest BCUT2D eigenvalue weighted by atomic mass is 35.5. The van der Waals surface area contributed by atoms with Crippen LogP contribution in [-0.2, 0) is 18.9 Å². The lowest BCUT2D eigenvalue weighted by molar-refractivity contribution is -0.588. The van der Waals surface area contributed by atoms with Gasteiger partial charge >= 0.3 is 6.09 Å². The molecule has 0 unspecified atom stereocenters. The van der Waals surface area contributed by atoms with Crippen molar-refractivity contribution in [3.8, 4) is 0 Å². The van der Waals surface area contributed by atoms with Crippen LogP contribution >= 0.6 is 11.8 Å². The van der Waals surface area contributed by atoms with Crippen LogP contribution in [0.25, 0.3) is 23.1 Å². The molecule has 1 amide bonds. The zero-order valence-corrected chi connectivity index (χ0v) is 25.0. The molecule has 0 aliphatic rings. The summed E-state index contributed by atoms with van der Waals surface area (Å²) in [6.45, 7) is 2.31. The zero-order valence-electron chi connectivity index (χ0n) is 23.4. The maximum Gasteiger partial charge on any atom is 0.602 e. The first kappa shape index (κ1) is 32.8. The summed E-state index contributed by atoms with van der Waals surface area (Å²) in [5.41, 5.74) is 2.85. The molecule has 0 aliphatic carbocycles. The molecule has 4 aromatic rings. The molecule has 12 heteroatoms. The third-order valence-corrected chi connectivity index (χ3v) is 6.97. The molecule has 0 saturated carbocycles. The van der Waals surface area contributed by atoms with Gasteiger partial charge in [-0.25, -0.2) is 0 Å². The van der Waals surface area contributed by atoms with E-state index in [4.69, 9.17) is 18.9 Å². The number of rotatable bonds is 14. The van der Waals surface area contributed by atoms with Gasteiger partial charge in [-0.15, -0.1) is 0 Å². The van der Waals surface area contributed by atoms with Crippen molar-refractivity contribution < 1.29 is 45.5 Å². The topological polar surface area (TPSA) is 116 Å². The quantitative estimate of drug-likeness (QED) is 0.161. The Morgan fingerprint density at radius 3 is 2.48 bits per heavy atom. The van der Waals surface area contributed by atoms with Gasteiger partial charge in [0.05, 0.1) is 49.8 Å². The molecule has 0 fully saturated rings. The first-order valence-electron chi connectivity index (χ1n) is 13.1. The lowest BCUT2D eigenvalue weighted by Crippen LogP contribution is -3.00. The number of hydrogen-bond acceptors (Lipinski definition) is 8. The lowest BCUT2D eigenvalue weighted by Gasteiger charge is -2.08. The third kappa shape index (κ3) is 9.13. The molecule has 10 nitrogen and oxygen atoms in total. The molecule has 0 aliphatic heterocycles. The van der Waals surface area contributed by atoms with E-state index in [0.29, 0.717) is 37.7 Å². The fourth-order valence-electron chi connectivity index (χ4n) is 3.86. The summed E-state index contributed by atoms with van der Waals surface area (Å²) >= 11 is 1.51. The standard InChI is InChI=1S/C30H32N4O6S.ClH/c1-31-29(35)25-8-3-4-9-28(25)41-23-11-12-24-26(32-33-27(24)21-23)13-10-22-7-5-6-14-34(22)30(36)40-20-19-39-18-17-38-16-15-37-2;/h3-14,21H,15-20H2,1-2H3,(H,31,35);1H. The molecule has 0 atom stereocenters. The van der Waals surface area contributed by atoms with Crippen molar-refractivity contribution in [3.05, 3.63) is 83.8 Å². The molecule has 222 valence electrons. The molecule has 2 aromatic heterocycles. The van der Waals surface area contributed by atoms with Gasteiger partial charge in [0.1, 0.15) is 6.61 Å². The fraction of sp³-hybridized carbons (Fsp3) is 0.267. The number of nitrogens with zero attached hydrogens (tertiary/aromatic N) is 2. The summed E-state index contributed by atoms with van der Waals surface area (Å²) in [5.74, 6) is -0.127. The minimum Gasteiger partial charge on any atom is -1.00 e. The Kier molecular flexibility index (Phi) is 13.5. The second-order valence-electron chi connectivity index (χ2n) is 8.65. The van der Waals surface area contributed by atoms with Crippen molar-refractivity contribution in [2.24, 2.45) is 0 Å². The van der Waals surface area contributed by atoms with E-state index in [-0.39, 0.29) is 31.5 Å². The van der Waals surface area contributed by atoms with Crippen molar-refractivity contribution in [2.45, 2.75) is 9.79 Å². The molecule has 2 aromatic carbocycles. The highest BCUT2D eigenvalue weighted by molar-refractivity contribution is 7.99. The van der Waals surface area contributed by atoms with E-state index in [1.807, 2.05) is 60.7 Å². The Morgan fingerprint density at radius 2 is 1.69 bits per heavy atom. The number of benzene rings is 2. The van der Waals surface area contributed by atoms with Gasteiger partial charge in [-0.2, -0.15) is 9.89 Å². The highest BCUT2D eigenvalue weighted by Gasteiger charge is 2.20. The first-order valence-corrected chi connectivity index (χ1v) is 13.9. The van der Waals surface area contributed by atoms with Crippen LogP contribution in [0.15, 0.2) is 76.7 Å². The molecule has 42 heavy (non-hydrogen) atoms. The third-order valence-electron chi connectivity index (χ3n) is 5.91. The van der Waals surface area contributed by atoms with Crippen LogP contribution in [0.3, 0.4) is 0 Å². The van der Waals surface area contributed by atoms with Crippen LogP contribution in [0.1, 0.15) is 21.7 Å². The Hall–Kier alpha value is -3.74. The number of aromatic amines is 1. The number of halogens is 1. The van der Waals surface area contributed by atoms with Crippen molar-refractivity contribution in [1.29, 1.82) is 0 Å². The van der Waals surface area contributed by atoms with Gasteiger partial charge in [0, 0.05) is 47.5 Å². The summed E-state index contributed by atoms with van der Waals surface area (Å²) in [6.07, 6.45) is 4.80. The predicted molar refractivity (Wildman–Crippen MR) is 156 cm³/mol. The van der Waals surface area contributed by atoms with Gasteiger partial charge in [-0.3, -0.25) is 9.89 Å². The molecule has 0 radical (unpaired) electrons. The summed E-state index contributed by atoms with van der Waals surface area (Å²) in [7, 11) is 3.24. The maximum atomic E-state index is 12.7. The Balaban J connectivity index is 0.00000484. The summed E-state index contributed by atoms with van der Waals surface area (Å²) < 4.78 is 22.5. The number of carbonyl (C=O) groups excluding carboxylic acids is 2. The monoisotopic (exact) mass is 612 g/mol. The molecular weight excluding hydrogens is 580 g/mol. The lowest BCUT2D eigenvalue weighted by atomic mass is 10.2. The number of aromatic nitrogens is 3. The van der Waals surface area contributed by atoms with Gasteiger partial charge in [0.15, 0.2) is 6.20 Å². The number of hydrogen-bond donors (Lipinski definition) is 2. The number of methoxy groups -OCH3 is 1. The molecule has 2 N–H and O–H groups in total. The van der Waals surface area contributed by atoms with Crippen molar-refractivity contribution >= 4 is 46.8 Å². The van der Waals surface area contributed by atoms with Crippen LogP contribution in [-0.4, -0.2) is 76.0 Å². The van der Waals surface area contributed by atoms with Gasteiger partial charge in [0.2, 0.25) is 5.69 Å². The predicted octanol–water partition coefficient (Wildman–Crippen LogP) is 1.20. The Labute approximate surface area is 254 Å². The van der Waals surface area contributed by atoms with Gasteiger partial charge < -0.3 is 36.7 Å². The molecule has 0 spiro atoms. The normalized spacial score (nSPS) is 11.0. The Bertz CT molecular complexity index is 1500. The van der Waals surface area contributed by atoms with E-state index < -0.39 is 6.09 Å². The molecule has 2 heterocycles. The van der Waals surface area contributed by atoms with E-state index in [1.54, 1.807) is 32.5 Å². The zero-order chi connectivity index (χ0) is 28.9. The maximum absolute atomic E-state index is 12.7. The van der Waals surface area contributed by atoms with E-state index in [9.17, 15) is 9.59 Å². The molecular formula is C30H33ClN4O6S. The van der Waals surface area contributed by atoms with Crippen LogP contribution in [0.4, 0.5) is 4.79 Å². The van der Waals surface area contributed by atoms with Crippen LogP contribution < -0.4 is 22.3 Å². The summed E-state index contributed by atoms with van der Waals surface area (Å²) in [6, 6.07) is 18.9. The van der Waals surface area contributed by atoms with Crippen molar-refractivity contribution in [3.63, 3.8) is 0 Å². The van der Waals surface area contributed by atoms with Gasteiger partial charge in [-0.1, -0.05) is 28.5 Å². The van der Waals surface area contributed by atoms with Crippen LogP contribution in [0.5, 0.6) is 0 Å². The van der Waals surface area contributed by atoms with E-state index in [2.05, 4.69) is 15.5 Å². The van der Waals surface area contributed by atoms with Crippen molar-refractivity contribution in [1.82, 2.24) is 15.5 Å². The molecule has 4 rings (SSSR count). The van der Waals surface area contributed by atoms with E-state index in [1.165, 1.54) is 16.3 Å². The number of nitrogens with one attached hydrogen (secondary N) is 2. The van der Waals surface area contributed by atoms with Gasteiger partial charge in [-0.05, 0) is 42.5 Å². The molecule has 0 bridgehead atoms. The number of ether oxygens (including phenoxy) is 4.